The molecular formula is C16H19Cl2N5O2S. The van der Waals surface area contributed by atoms with Crippen LogP contribution in [0.3, 0.4) is 0 Å². The van der Waals surface area contributed by atoms with Gasteiger partial charge in [-0.1, -0.05) is 23.2 Å². The van der Waals surface area contributed by atoms with E-state index in [1.807, 2.05) is 19.0 Å². The number of thiazole rings is 1. The van der Waals surface area contributed by atoms with E-state index in [-0.39, 0.29) is 18.1 Å². The maximum atomic E-state index is 12.1. The molecule has 3 N–H and O–H groups in total. The van der Waals surface area contributed by atoms with Gasteiger partial charge < -0.3 is 20.9 Å². The number of hydrogen-bond donors (Lipinski definition) is 3. The largest absolute Gasteiger partial charge is 0.353 e. The number of aromatic nitrogens is 1. The van der Waals surface area contributed by atoms with Gasteiger partial charge in [0.2, 0.25) is 5.91 Å². The van der Waals surface area contributed by atoms with Crippen molar-refractivity contribution >= 4 is 57.2 Å². The van der Waals surface area contributed by atoms with Crippen LogP contribution in [-0.4, -0.2) is 55.4 Å². The van der Waals surface area contributed by atoms with Gasteiger partial charge in [-0.15, -0.1) is 11.3 Å². The van der Waals surface area contributed by atoms with Gasteiger partial charge in [0.15, 0.2) is 5.13 Å². The summed E-state index contributed by atoms with van der Waals surface area (Å²) in [5.41, 5.74) is 0.817. The molecule has 1 aromatic heterocycles. The van der Waals surface area contributed by atoms with Crippen LogP contribution >= 0.6 is 34.5 Å². The quantitative estimate of drug-likeness (QED) is 0.616. The minimum Gasteiger partial charge on any atom is -0.353 e. The first-order chi connectivity index (χ1) is 12.3. The number of carbonyl (C=O) groups is 2. The Hall–Kier alpha value is -1.87. The lowest BCUT2D eigenvalue weighted by Crippen LogP contribution is -2.39. The van der Waals surface area contributed by atoms with Gasteiger partial charge in [-0.3, -0.25) is 9.59 Å². The van der Waals surface area contributed by atoms with E-state index in [0.717, 1.165) is 6.54 Å². The van der Waals surface area contributed by atoms with E-state index in [0.29, 0.717) is 27.4 Å². The average Bonchev–Trinajstić information content (AvgIpc) is 3.04. The second kappa shape index (κ2) is 9.72. The summed E-state index contributed by atoms with van der Waals surface area (Å²) >= 11 is 13.3. The Labute approximate surface area is 165 Å². The third-order valence-corrected chi connectivity index (χ3v) is 4.52. The SMILES string of the molecule is CN(C)CCNC(=O)CNC(=O)c1csc(Nc2cc(Cl)ccc2Cl)n1. The molecule has 0 atom stereocenters. The number of halogens is 2. The van der Waals surface area contributed by atoms with Crippen molar-refractivity contribution in [2.24, 2.45) is 0 Å². The molecule has 0 spiro atoms. The lowest BCUT2D eigenvalue weighted by atomic mass is 10.3. The zero-order valence-corrected chi connectivity index (χ0v) is 16.6. The summed E-state index contributed by atoms with van der Waals surface area (Å²) in [5, 5.41) is 11.4. The van der Waals surface area contributed by atoms with Crippen molar-refractivity contribution in [3.8, 4) is 0 Å². The smallest absolute Gasteiger partial charge is 0.271 e. The van der Waals surface area contributed by atoms with Crippen LogP contribution in [0.4, 0.5) is 10.8 Å². The van der Waals surface area contributed by atoms with Gasteiger partial charge in [-0.25, -0.2) is 4.98 Å². The molecule has 1 heterocycles. The van der Waals surface area contributed by atoms with Crippen LogP contribution in [0.1, 0.15) is 10.5 Å². The molecule has 26 heavy (non-hydrogen) atoms. The molecule has 10 heteroatoms. The molecule has 0 fully saturated rings. The fourth-order valence-corrected chi connectivity index (χ4v) is 2.92. The van der Waals surface area contributed by atoms with Crippen molar-refractivity contribution in [2.75, 3.05) is 39.0 Å². The molecule has 0 aliphatic rings. The summed E-state index contributed by atoms with van der Waals surface area (Å²) in [6.45, 7) is 1.15. The van der Waals surface area contributed by atoms with Gasteiger partial charge >= 0.3 is 0 Å². The molecule has 0 aliphatic heterocycles. The van der Waals surface area contributed by atoms with Crippen LogP contribution in [0.2, 0.25) is 10.0 Å². The van der Waals surface area contributed by atoms with E-state index < -0.39 is 5.91 Å². The second-order valence-electron chi connectivity index (χ2n) is 5.62. The van der Waals surface area contributed by atoms with Crippen LogP contribution in [0.25, 0.3) is 0 Å². The number of likely N-dealkylation sites (N-methyl/N-ethyl adjacent to an activating group) is 1. The molecule has 2 aromatic rings. The number of nitrogens with one attached hydrogen (secondary N) is 3. The number of anilines is 2. The number of hydrogen-bond acceptors (Lipinski definition) is 6. The first kappa shape index (κ1) is 20.4. The molecule has 0 saturated heterocycles. The highest BCUT2D eigenvalue weighted by atomic mass is 35.5. The van der Waals surface area contributed by atoms with Crippen LogP contribution in [0, 0.1) is 0 Å². The molecule has 0 aliphatic carbocycles. The second-order valence-corrected chi connectivity index (χ2v) is 7.32. The number of rotatable bonds is 8. The van der Waals surface area contributed by atoms with E-state index >= 15 is 0 Å². The Kier molecular flexibility index (Phi) is 7.65. The van der Waals surface area contributed by atoms with Crippen molar-refractivity contribution in [2.45, 2.75) is 0 Å². The maximum absolute atomic E-state index is 12.1. The van der Waals surface area contributed by atoms with Crippen molar-refractivity contribution in [1.82, 2.24) is 20.5 Å². The Morgan fingerprint density at radius 1 is 1.23 bits per heavy atom. The van der Waals surface area contributed by atoms with E-state index in [4.69, 9.17) is 23.2 Å². The third kappa shape index (κ3) is 6.45. The van der Waals surface area contributed by atoms with Gasteiger partial charge in [0.05, 0.1) is 17.3 Å². The molecular weight excluding hydrogens is 397 g/mol. The predicted octanol–water partition coefficient (Wildman–Crippen LogP) is 2.60. The van der Waals surface area contributed by atoms with Crippen molar-refractivity contribution in [1.29, 1.82) is 0 Å². The number of nitrogens with zero attached hydrogens (tertiary/aromatic N) is 2. The molecule has 0 saturated carbocycles. The van der Waals surface area contributed by atoms with Crippen LogP contribution in [0.5, 0.6) is 0 Å². The number of carbonyl (C=O) groups excluding carboxylic acids is 2. The Balaban J connectivity index is 1.85. The summed E-state index contributed by atoms with van der Waals surface area (Å²) in [5.74, 6) is -0.672. The van der Waals surface area contributed by atoms with E-state index in [9.17, 15) is 9.59 Å². The highest BCUT2D eigenvalue weighted by Gasteiger charge is 2.13. The van der Waals surface area contributed by atoms with Crippen molar-refractivity contribution < 1.29 is 9.59 Å². The standard InChI is InChI=1S/C16H19Cl2N5O2S/c1-23(2)6-5-19-14(24)8-20-15(25)13-9-26-16(22-13)21-12-7-10(17)3-4-11(12)18/h3-4,7,9H,5-6,8H2,1-2H3,(H,19,24)(H,20,25)(H,21,22). The lowest BCUT2D eigenvalue weighted by Gasteiger charge is -2.10. The molecule has 2 amide bonds. The summed E-state index contributed by atoms with van der Waals surface area (Å²) in [7, 11) is 3.83. The number of benzene rings is 1. The fourth-order valence-electron chi connectivity index (χ4n) is 1.88. The zero-order valence-electron chi connectivity index (χ0n) is 14.3. The van der Waals surface area contributed by atoms with Crippen LogP contribution < -0.4 is 16.0 Å². The Bertz CT molecular complexity index is 782. The third-order valence-electron chi connectivity index (χ3n) is 3.20. The summed E-state index contributed by atoms with van der Waals surface area (Å²) in [4.78, 5) is 29.9. The Morgan fingerprint density at radius 2 is 2.00 bits per heavy atom. The predicted molar refractivity (Wildman–Crippen MR) is 106 cm³/mol. The van der Waals surface area contributed by atoms with Gasteiger partial charge in [0.25, 0.3) is 5.91 Å². The molecule has 7 nitrogen and oxygen atoms in total. The van der Waals surface area contributed by atoms with Crippen molar-refractivity contribution in [3.63, 3.8) is 0 Å². The topological polar surface area (TPSA) is 86.4 Å². The van der Waals surface area contributed by atoms with Gasteiger partial charge in [0, 0.05) is 23.5 Å². The maximum Gasteiger partial charge on any atom is 0.271 e. The molecule has 0 radical (unpaired) electrons. The zero-order chi connectivity index (χ0) is 19.1. The molecule has 0 unspecified atom stereocenters. The first-order valence-corrected chi connectivity index (χ1v) is 9.36. The fraction of sp³-hybridized carbons (Fsp3) is 0.312. The van der Waals surface area contributed by atoms with Gasteiger partial charge in [0.1, 0.15) is 5.69 Å². The summed E-state index contributed by atoms with van der Waals surface area (Å²) in [6.07, 6.45) is 0. The normalized spacial score (nSPS) is 10.7. The molecule has 2 rings (SSSR count). The minimum atomic E-state index is -0.422. The van der Waals surface area contributed by atoms with E-state index in [2.05, 4.69) is 20.9 Å². The summed E-state index contributed by atoms with van der Waals surface area (Å²) < 4.78 is 0. The van der Waals surface area contributed by atoms with Gasteiger partial charge in [-0.05, 0) is 32.3 Å². The highest BCUT2D eigenvalue weighted by molar-refractivity contribution is 7.14. The molecule has 140 valence electrons. The van der Waals surface area contributed by atoms with E-state index in [1.165, 1.54) is 11.3 Å². The van der Waals surface area contributed by atoms with Crippen LogP contribution in [0.15, 0.2) is 23.6 Å². The van der Waals surface area contributed by atoms with Crippen LogP contribution in [-0.2, 0) is 4.79 Å². The first-order valence-electron chi connectivity index (χ1n) is 7.72. The highest BCUT2D eigenvalue weighted by Crippen LogP contribution is 2.29. The Morgan fingerprint density at radius 3 is 2.73 bits per heavy atom. The average molecular weight is 416 g/mol. The monoisotopic (exact) mass is 415 g/mol. The van der Waals surface area contributed by atoms with Crippen molar-refractivity contribution in [3.05, 3.63) is 39.3 Å². The lowest BCUT2D eigenvalue weighted by molar-refractivity contribution is -0.120. The minimum absolute atomic E-state index is 0.104. The molecule has 0 bridgehead atoms. The molecule has 1 aromatic carbocycles. The van der Waals surface area contributed by atoms with Gasteiger partial charge in [-0.2, -0.15) is 0 Å². The van der Waals surface area contributed by atoms with E-state index in [1.54, 1.807) is 23.6 Å². The summed E-state index contributed by atoms with van der Waals surface area (Å²) in [6, 6.07) is 5.02. The number of amides is 2.